The largest absolute Gasteiger partial charge is 0.481 e. The van der Waals surface area contributed by atoms with E-state index in [1.807, 2.05) is 0 Å². The maximum Gasteiger partial charge on any atom is 0.303 e. The number of rotatable bonds is 5. The molecule has 94 valence electrons. The van der Waals surface area contributed by atoms with E-state index in [0.717, 1.165) is 0 Å². The minimum atomic E-state index is -0.915. The van der Waals surface area contributed by atoms with Gasteiger partial charge in [-0.3, -0.25) is 14.9 Å². The summed E-state index contributed by atoms with van der Waals surface area (Å²) in [5, 5.41) is 11.0. The molecule has 0 radical (unpaired) electrons. The summed E-state index contributed by atoms with van der Waals surface area (Å²) >= 11 is 0. The highest BCUT2D eigenvalue weighted by Crippen LogP contribution is 2.10. The van der Waals surface area contributed by atoms with E-state index >= 15 is 0 Å². The van der Waals surface area contributed by atoms with Crippen molar-refractivity contribution in [1.82, 2.24) is 19.9 Å². The number of carbonyl (C=O) groups is 2. The van der Waals surface area contributed by atoms with Crippen LogP contribution in [0, 0.1) is 0 Å². The van der Waals surface area contributed by atoms with Gasteiger partial charge in [0.1, 0.15) is 11.8 Å². The van der Waals surface area contributed by atoms with Crippen LogP contribution in [-0.4, -0.2) is 36.9 Å². The molecular formula is C10H11N5O3. The van der Waals surface area contributed by atoms with Crippen molar-refractivity contribution in [3.05, 3.63) is 12.5 Å². The summed E-state index contributed by atoms with van der Waals surface area (Å²) in [6, 6.07) is 0. The molecule has 0 aliphatic heterocycles. The number of aromatic nitrogens is 4. The maximum absolute atomic E-state index is 11.5. The summed E-state index contributed by atoms with van der Waals surface area (Å²) < 4.78 is 0. The number of hydrogen-bond donors (Lipinski definition) is 3. The number of H-pyrrole nitrogens is 1. The molecule has 8 heteroatoms. The van der Waals surface area contributed by atoms with Crippen molar-refractivity contribution in [3.8, 4) is 0 Å². The average molecular weight is 249 g/mol. The summed E-state index contributed by atoms with van der Waals surface area (Å²) in [5.41, 5.74) is 1.09. The van der Waals surface area contributed by atoms with E-state index in [1.54, 1.807) is 6.20 Å². The fraction of sp³-hybridized carbons (Fsp3) is 0.300. The molecule has 0 fully saturated rings. The molecule has 0 aliphatic carbocycles. The van der Waals surface area contributed by atoms with Crippen molar-refractivity contribution in [3.63, 3.8) is 0 Å². The van der Waals surface area contributed by atoms with Crippen LogP contribution in [0.15, 0.2) is 12.5 Å². The highest BCUT2D eigenvalue weighted by Gasteiger charge is 2.08. The van der Waals surface area contributed by atoms with Gasteiger partial charge in [0, 0.05) is 12.8 Å². The standard InChI is InChI=1S/C10H11N5O3/c16-7(2-1-3-8(17)18)14-10-13-6-4-11-5-12-9(6)15-10/h4-5H,1-3H2,(H,17,18)(H2,11,12,13,14,15,16). The van der Waals surface area contributed by atoms with Crippen LogP contribution >= 0.6 is 0 Å². The Hall–Kier alpha value is -2.51. The van der Waals surface area contributed by atoms with Crippen LogP contribution in [0.5, 0.6) is 0 Å². The van der Waals surface area contributed by atoms with Crippen molar-refractivity contribution in [2.45, 2.75) is 19.3 Å². The minimum absolute atomic E-state index is 0.0287. The van der Waals surface area contributed by atoms with Gasteiger partial charge in [0.05, 0.1) is 6.20 Å². The van der Waals surface area contributed by atoms with Crippen LogP contribution in [0.1, 0.15) is 19.3 Å². The lowest BCUT2D eigenvalue weighted by molar-refractivity contribution is -0.137. The fourth-order valence-electron chi connectivity index (χ4n) is 1.42. The third-order valence-electron chi connectivity index (χ3n) is 2.21. The van der Waals surface area contributed by atoms with E-state index in [1.165, 1.54) is 6.33 Å². The van der Waals surface area contributed by atoms with Crippen LogP contribution in [0.3, 0.4) is 0 Å². The van der Waals surface area contributed by atoms with Gasteiger partial charge in [0.2, 0.25) is 11.9 Å². The monoisotopic (exact) mass is 249 g/mol. The van der Waals surface area contributed by atoms with Gasteiger partial charge in [-0.25, -0.2) is 9.97 Å². The van der Waals surface area contributed by atoms with Gasteiger partial charge >= 0.3 is 5.97 Å². The number of aromatic amines is 1. The molecule has 0 atom stereocenters. The first-order chi connectivity index (χ1) is 8.65. The number of amides is 1. The van der Waals surface area contributed by atoms with Gasteiger partial charge in [0.15, 0.2) is 5.65 Å². The predicted molar refractivity (Wildman–Crippen MR) is 61.8 cm³/mol. The molecule has 2 aromatic rings. The summed E-state index contributed by atoms with van der Waals surface area (Å²) in [5.74, 6) is -0.920. The van der Waals surface area contributed by atoms with Crippen molar-refractivity contribution in [2.24, 2.45) is 0 Å². The minimum Gasteiger partial charge on any atom is -0.481 e. The number of carboxylic acid groups (broad SMARTS) is 1. The Morgan fingerprint density at radius 2 is 2.22 bits per heavy atom. The molecule has 2 rings (SSSR count). The second-order valence-corrected chi connectivity index (χ2v) is 3.64. The summed E-state index contributed by atoms with van der Waals surface area (Å²) in [6.07, 6.45) is 3.31. The third kappa shape index (κ3) is 3.00. The van der Waals surface area contributed by atoms with E-state index in [2.05, 4.69) is 25.3 Å². The van der Waals surface area contributed by atoms with Crippen LogP contribution in [0.4, 0.5) is 5.95 Å². The van der Waals surface area contributed by atoms with Gasteiger partial charge < -0.3 is 10.1 Å². The molecule has 2 heterocycles. The first kappa shape index (κ1) is 12.0. The van der Waals surface area contributed by atoms with Crippen molar-refractivity contribution >= 4 is 29.0 Å². The quantitative estimate of drug-likeness (QED) is 0.711. The van der Waals surface area contributed by atoms with Crippen LogP contribution < -0.4 is 5.32 Å². The molecule has 0 saturated heterocycles. The van der Waals surface area contributed by atoms with E-state index in [0.29, 0.717) is 17.6 Å². The van der Waals surface area contributed by atoms with E-state index in [4.69, 9.17) is 5.11 Å². The number of anilines is 1. The zero-order chi connectivity index (χ0) is 13.0. The lowest BCUT2D eigenvalue weighted by Crippen LogP contribution is -2.12. The third-order valence-corrected chi connectivity index (χ3v) is 2.21. The van der Waals surface area contributed by atoms with Crippen LogP contribution in [0.2, 0.25) is 0 Å². The summed E-state index contributed by atoms with van der Waals surface area (Å²) in [4.78, 5) is 36.4. The molecule has 18 heavy (non-hydrogen) atoms. The molecule has 0 bridgehead atoms. The number of aliphatic carboxylic acids is 1. The zero-order valence-electron chi connectivity index (χ0n) is 9.38. The molecule has 0 unspecified atom stereocenters. The van der Waals surface area contributed by atoms with E-state index in [9.17, 15) is 9.59 Å². The Kier molecular flexibility index (Phi) is 3.46. The van der Waals surface area contributed by atoms with Crippen molar-refractivity contribution in [1.29, 1.82) is 0 Å². The Balaban J connectivity index is 1.92. The second kappa shape index (κ2) is 5.21. The molecule has 0 saturated carbocycles. The number of carboxylic acids is 1. The highest BCUT2D eigenvalue weighted by molar-refractivity contribution is 5.90. The summed E-state index contributed by atoms with van der Waals surface area (Å²) in [6.45, 7) is 0. The van der Waals surface area contributed by atoms with E-state index in [-0.39, 0.29) is 24.7 Å². The van der Waals surface area contributed by atoms with Gasteiger partial charge in [-0.1, -0.05) is 0 Å². The normalized spacial score (nSPS) is 10.4. The number of fused-ring (bicyclic) bond motifs is 1. The van der Waals surface area contributed by atoms with Gasteiger partial charge in [-0.15, -0.1) is 0 Å². The highest BCUT2D eigenvalue weighted by atomic mass is 16.4. The number of nitrogens with one attached hydrogen (secondary N) is 2. The van der Waals surface area contributed by atoms with Gasteiger partial charge in [-0.05, 0) is 6.42 Å². The molecule has 0 aliphatic rings. The topological polar surface area (TPSA) is 121 Å². The number of carbonyl (C=O) groups excluding carboxylic acids is 1. The first-order valence-electron chi connectivity index (χ1n) is 5.32. The number of hydrogen-bond acceptors (Lipinski definition) is 5. The number of nitrogens with zero attached hydrogens (tertiary/aromatic N) is 3. The molecule has 8 nitrogen and oxygen atoms in total. The van der Waals surface area contributed by atoms with Gasteiger partial charge in [-0.2, -0.15) is 4.98 Å². The lowest BCUT2D eigenvalue weighted by atomic mass is 10.2. The molecular weight excluding hydrogens is 238 g/mol. The van der Waals surface area contributed by atoms with Crippen LogP contribution in [-0.2, 0) is 9.59 Å². The number of imidazole rings is 1. The van der Waals surface area contributed by atoms with Crippen molar-refractivity contribution in [2.75, 3.05) is 5.32 Å². The lowest BCUT2D eigenvalue weighted by Gasteiger charge is -1.99. The van der Waals surface area contributed by atoms with Crippen molar-refractivity contribution < 1.29 is 14.7 Å². The molecule has 3 N–H and O–H groups in total. The molecule has 0 spiro atoms. The Morgan fingerprint density at radius 1 is 1.39 bits per heavy atom. The Morgan fingerprint density at radius 3 is 2.94 bits per heavy atom. The first-order valence-corrected chi connectivity index (χ1v) is 5.32. The Bertz CT molecular complexity index is 547. The van der Waals surface area contributed by atoms with Gasteiger partial charge in [0.25, 0.3) is 0 Å². The summed E-state index contributed by atoms with van der Waals surface area (Å²) in [7, 11) is 0. The average Bonchev–Trinajstić information content (AvgIpc) is 2.70. The molecule has 0 aromatic carbocycles. The molecule has 1 amide bonds. The van der Waals surface area contributed by atoms with Crippen LogP contribution in [0.25, 0.3) is 11.2 Å². The fourth-order valence-corrected chi connectivity index (χ4v) is 1.42. The van der Waals surface area contributed by atoms with E-state index < -0.39 is 5.97 Å². The smallest absolute Gasteiger partial charge is 0.303 e. The Labute approximate surface area is 101 Å². The second-order valence-electron chi connectivity index (χ2n) is 3.64. The predicted octanol–water partition coefficient (Wildman–Crippen LogP) is 0.546. The SMILES string of the molecule is O=C(O)CCCC(=O)Nc1nc2ncncc2[nH]1. The zero-order valence-corrected chi connectivity index (χ0v) is 9.38. The molecule has 2 aromatic heterocycles. The maximum atomic E-state index is 11.5.